The molecule has 2 aromatic rings. The second kappa shape index (κ2) is 6.38. The van der Waals surface area contributed by atoms with E-state index in [1.165, 1.54) is 16.8 Å². The predicted molar refractivity (Wildman–Crippen MR) is 79.2 cm³/mol. The van der Waals surface area contributed by atoms with E-state index in [1.54, 1.807) is 0 Å². The van der Waals surface area contributed by atoms with Crippen LogP contribution in [0, 0.1) is 6.92 Å². The Kier molecular flexibility index (Phi) is 4.58. The van der Waals surface area contributed by atoms with E-state index in [0.29, 0.717) is 0 Å². The summed E-state index contributed by atoms with van der Waals surface area (Å²) in [6.07, 6.45) is 3.98. The third-order valence-electron chi connectivity index (χ3n) is 3.09. The summed E-state index contributed by atoms with van der Waals surface area (Å²) in [5.41, 5.74) is 3.72. The fraction of sp³-hybridized carbons (Fsp3) is 0.400. The van der Waals surface area contributed by atoms with Gasteiger partial charge in [0, 0.05) is 44.1 Å². The number of benzene rings is 1. The Hall–Kier alpha value is -1.81. The SMILES string of the molecule is Cc1ccc(NCCN(C)Cc2cnn(C)c2)cc1. The first-order valence-electron chi connectivity index (χ1n) is 6.60. The van der Waals surface area contributed by atoms with Crippen LogP contribution in [0.15, 0.2) is 36.7 Å². The van der Waals surface area contributed by atoms with Gasteiger partial charge in [0.15, 0.2) is 0 Å². The van der Waals surface area contributed by atoms with Gasteiger partial charge in [-0.15, -0.1) is 0 Å². The minimum atomic E-state index is 0.934. The maximum Gasteiger partial charge on any atom is 0.0534 e. The summed E-state index contributed by atoms with van der Waals surface area (Å²) in [5, 5.41) is 7.61. The van der Waals surface area contributed by atoms with Crippen LogP contribution in [0.1, 0.15) is 11.1 Å². The third kappa shape index (κ3) is 4.41. The van der Waals surface area contributed by atoms with E-state index in [2.05, 4.69) is 59.7 Å². The number of aryl methyl sites for hydroxylation is 2. The maximum absolute atomic E-state index is 4.18. The topological polar surface area (TPSA) is 33.1 Å². The molecule has 0 aliphatic carbocycles. The van der Waals surface area contributed by atoms with Crippen LogP contribution >= 0.6 is 0 Å². The van der Waals surface area contributed by atoms with Gasteiger partial charge in [-0.3, -0.25) is 4.68 Å². The molecule has 0 spiro atoms. The van der Waals surface area contributed by atoms with E-state index in [9.17, 15) is 0 Å². The molecule has 0 unspecified atom stereocenters. The normalized spacial score (nSPS) is 10.9. The highest BCUT2D eigenvalue weighted by Crippen LogP contribution is 2.08. The lowest BCUT2D eigenvalue weighted by molar-refractivity contribution is 0.340. The zero-order valence-electron chi connectivity index (χ0n) is 11.9. The Bertz CT molecular complexity index is 501. The van der Waals surface area contributed by atoms with E-state index in [4.69, 9.17) is 0 Å². The van der Waals surface area contributed by atoms with Crippen LogP contribution in [0.25, 0.3) is 0 Å². The molecule has 4 nitrogen and oxygen atoms in total. The van der Waals surface area contributed by atoms with Crippen LogP contribution in [0.2, 0.25) is 0 Å². The van der Waals surface area contributed by atoms with E-state index in [1.807, 2.05) is 17.9 Å². The average molecular weight is 258 g/mol. The molecule has 0 radical (unpaired) electrons. The number of hydrogen-bond donors (Lipinski definition) is 1. The third-order valence-corrected chi connectivity index (χ3v) is 3.09. The lowest BCUT2D eigenvalue weighted by atomic mass is 10.2. The van der Waals surface area contributed by atoms with E-state index >= 15 is 0 Å². The van der Waals surface area contributed by atoms with E-state index in [0.717, 1.165) is 19.6 Å². The summed E-state index contributed by atoms with van der Waals surface area (Å²) in [7, 11) is 4.08. The van der Waals surface area contributed by atoms with Crippen LogP contribution in [-0.4, -0.2) is 34.8 Å². The molecule has 0 bridgehead atoms. The van der Waals surface area contributed by atoms with Crippen LogP contribution in [0.4, 0.5) is 5.69 Å². The molecule has 0 aliphatic rings. The molecular weight excluding hydrogens is 236 g/mol. The van der Waals surface area contributed by atoms with Gasteiger partial charge < -0.3 is 10.2 Å². The van der Waals surface area contributed by atoms with Gasteiger partial charge in [0.25, 0.3) is 0 Å². The number of anilines is 1. The summed E-state index contributed by atoms with van der Waals surface area (Å²) >= 11 is 0. The van der Waals surface area contributed by atoms with Crippen LogP contribution in [0.3, 0.4) is 0 Å². The van der Waals surface area contributed by atoms with Crippen molar-refractivity contribution in [2.24, 2.45) is 7.05 Å². The number of rotatable bonds is 6. The number of nitrogens with zero attached hydrogens (tertiary/aromatic N) is 3. The first kappa shape index (κ1) is 13.6. The van der Waals surface area contributed by atoms with Gasteiger partial charge in [-0.2, -0.15) is 5.10 Å². The lowest BCUT2D eigenvalue weighted by Gasteiger charge is -2.16. The molecule has 0 atom stereocenters. The molecular formula is C15H22N4. The Morgan fingerprint density at radius 3 is 2.63 bits per heavy atom. The van der Waals surface area contributed by atoms with Crippen molar-refractivity contribution in [1.82, 2.24) is 14.7 Å². The molecule has 2 rings (SSSR count). The highest BCUT2D eigenvalue weighted by molar-refractivity contribution is 5.44. The van der Waals surface area contributed by atoms with Gasteiger partial charge in [-0.1, -0.05) is 17.7 Å². The lowest BCUT2D eigenvalue weighted by Crippen LogP contribution is -2.24. The minimum Gasteiger partial charge on any atom is -0.384 e. The van der Waals surface area contributed by atoms with Gasteiger partial charge in [-0.25, -0.2) is 0 Å². The number of likely N-dealkylation sites (N-methyl/N-ethyl adjacent to an activating group) is 1. The van der Waals surface area contributed by atoms with E-state index < -0.39 is 0 Å². The molecule has 0 saturated heterocycles. The summed E-state index contributed by atoms with van der Waals surface area (Å²) in [6.45, 7) is 4.98. The quantitative estimate of drug-likeness (QED) is 0.863. The second-order valence-corrected chi connectivity index (χ2v) is 5.05. The van der Waals surface area contributed by atoms with Crippen molar-refractivity contribution in [1.29, 1.82) is 0 Å². The van der Waals surface area contributed by atoms with Crippen molar-refractivity contribution in [2.75, 3.05) is 25.5 Å². The highest BCUT2D eigenvalue weighted by atomic mass is 15.2. The molecule has 102 valence electrons. The van der Waals surface area contributed by atoms with E-state index in [-0.39, 0.29) is 0 Å². The zero-order valence-corrected chi connectivity index (χ0v) is 11.9. The van der Waals surface area contributed by atoms with Gasteiger partial charge in [-0.05, 0) is 26.1 Å². The molecule has 1 aromatic heterocycles. The van der Waals surface area contributed by atoms with Gasteiger partial charge in [0.1, 0.15) is 0 Å². The smallest absolute Gasteiger partial charge is 0.0534 e. The van der Waals surface area contributed by atoms with Crippen molar-refractivity contribution in [3.8, 4) is 0 Å². The summed E-state index contributed by atoms with van der Waals surface area (Å²) in [4.78, 5) is 2.29. The van der Waals surface area contributed by atoms with Crippen molar-refractivity contribution in [2.45, 2.75) is 13.5 Å². The summed E-state index contributed by atoms with van der Waals surface area (Å²) in [5.74, 6) is 0. The number of hydrogen-bond acceptors (Lipinski definition) is 3. The Balaban J connectivity index is 1.71. The van der Waals surface area contributed by atoms with Gasteiger partial charge in [0.05, 0.1) is 6.20 Å². The molecule has 1 N–H and O–H groups in total. The van der Waals surface area contributed by atoms with Crippen molar-refractivity contribution >= 4 is 5.69 Å². The van der Waals surface area contributed by atoms with Crippen molar-refractivity contribution < 1.29 is 0 Å². The predicted octanol–water partition coefficient (Wildman–Crippen LogP) is 2.27. The number of nitrogens with one attached hydrogen (secondary N) is 1. The van der Waals surface area contributed by atoms with Gasteiger partial charge in [0.2, 0.25) is 0 Å². The fourth-order valence-electron chi connectivity index (χ4n) is 2.01. The van der Waals surface area contributed by atoms with Crippen LogP contribution in [-0.2, 0) is 13.6 Å². The number of aromatic nitrogens is 2. The maximum atomic E-state index is 4.18. The Morgan fingerprint density at radius 2 is 2.00 bits per heavy atom. The van der Waals surface area contributed by atoms with Crippen molar-refractivity contribution in [3.05, 3.63) is 47.8 Å². The van der Waals surface area contributed by atoms with Crippen LogP contribution in [0.5, 0.6) is 0 Å². The molecule has 0 fully saturated rings. The second-order valence-electron chi connectivity index (χ2n) is 5.05. The first-order valence-corrected chi connectivity index (χ1v) is 6.60. The van der Waals surface area contributed by atoms with Crippen LogP contribution < -0.4 is 5.32 Å². The average Bonchev–Trinajstić information content (AvgIpc) is 2.77. The fourth-order valence-corrected chi connectivity index (χ4v) is 2.01. The molecule has 19 heavy (non-hydrogen) atoms. The molecule has 0 saturated carbocycles. The molecule has 4 heteroatoms. The first-order chi connectivity index (χ1) is 9.13. The van der Waals surface area contributed by atoms with Gasteiger partial charge >= 0.3 is 0 Å². The van der Waals surface area contributed by atoms with Crippen molar-refractivity contribution in [3.63, 3.8) is 0 Å². The molecule has 0 amide bonds. The summed E-state index contributed by atoms with van der Waals surface area (Å²) < 4.78 is 1.84. The largest absolute Gasteiger partial charge is 0.384 e. The standard InChI is InChI=1S/C15H22N4/c1-13-4-6-15(7-5-13)16-8-9-18(2)11-14-10-17-19(3)12-14/h4-7,10,12,16H,8-9,11H2,1-3H3. The zero-order chi connectivity index (χ0) is 13.7. The highest BCUT2D eigenvalue weighted by Gasteiger charge is 2.02. The Labute approximate surface area is 115 Å². The summed E-state index contributed by atoms with van der Waals surface area (Å²) in [6, 6.07) is 8.50. The monoisotopic (exact) mass is 258 g/mol. The molecule has 1 aromatic carbocycles. The minimum absolute atomic E-state index is 0.934. The molecule has 1 heterocycles. The molecule has 0 aliphatic heterocycles. The Morgan fingerprint density at radius 1 is 1.26 bits per heavy atom.